The van der Waals surface area contributed by atoms with Gasteiger partial charge in [-0.05, 0) is 20.3 Å². The fourth-order valence-corrected chi connectivity index (χ4v) is 2.97. The zero-order valence-electron chi connectivity index (χ0n) is 10.5. The number of carbonyl (C=O) groups is 2. The molecule has 5 heteroatoms. The number of ether oxygens (including phenoxy) is 1. The highest BCUT2D eigenvalue weighted by Gasteiger charge is 2.33. The van der Waals surface area contributed by atoms with E-state index in [9.17, 15) is 9.59 Å². The van der Waals surface area contributed by atoms with Gasteiger partial charge in [0.05, 0.1) is 17.7 Å². The van der Waals surface area contributed by atoms with E-state index in [1.165, 1.54) is 0 Å². The smallest absolute Gasteiger partial charge is 0.340 e. The van der Waals surface area contributed by atoms with E-state index in [4.69, 9.17) is 16.3 Å². The molecule has 1 unspecified atom stereocenters. The molecule has 1 aliphatic heterocycles. The molecule has 2 heterocycles. The van der Waals surface area contributed by atoms with Crippen LogP contribution >= 0.6 is 11.6 Å². The monoisotopic (exact) mass is 269 g/mol. The minimum absolute atomic E-state index is 0.147. The molecule has 0 aliphatic carbocycles. The second kappa shape index (κ2) is 5.14. The van der Waals surface area contributed by atoms with E-state index in [0.29, 0.717) is 23.6 Å². The third-order valence-corrected chi connectivity index (χ3v) is 3.85. The fraction of sp³-hybridized carbons (Fsp3) is 0.538. The number of alkyl halides is 1. The zero-order valence-corrected chi connectivity index (χ0v) is 11.3. The summed E-state index contributed by atoms with van der Waals surface area (Å²) in [5.74, 6) is 0.188. The fourth-order valence-electron chi connectivity index (χ4n) is 2.66. The Morgan fingerprint density at radius 2 is 2.33 bits per heavy atom. The van der Waals surface area contributed by atoms with Gasteiger partial charge in [-0.25, -0.2) is 4.79 Å². The topological polar surface area (TPSA) is 48.3 Å². The van der Waals surface area contributed by atoms with Gasteiger partial charge < -0.3 is 9.30 Å². The van der Waals surface area contributed by atoms with Crippen molar-refractivity contribution in [2.45, 2.75) is 32.7 Å². The summed E-state index contributed by atoms with van der Waals surface area (Å²) < 4.78 is 7.03. The van der Waals surface area contributed by atoms with E-state index in [0.717, 1.165) is 30.6 Å². The SMILES string of the molecule is CCOC(=O)c1c(C=O)c2n(c1C)CCC2CCl. The number of nitrogens with zero attached hydrogens (tertiary/aromatic N) is 1. The molecular formula is C13H16ClNO3. The number of hydrogen-bond acceptors (Lipinski definition) is 3. The zero-order chi connectivity index (χ0) is 13.3. The third-order valence-electron chi connectivity index (χ3n) is 3.47. The maximum absolute atomic E-state index is 11.9. The van der Waals surface area contributed by atoms with Crippen molar-refractivity contribution >= 4 is 23.9 Å². The highest BCUT2D eigenvalue weighted by atomic mass is 35.5. The van der Waals surface area contributed by atoms with Crippen LogP contribution in [0.4, 0.5) is 0 Å². The maximum Gasteiger partial charge on any atom is 0.340 e. The Labute approximate surface area is 111 Å². The summed E-state index contributed by atoms with van der Waals surface area (Å²) in [6, 6.07) is 0. The Morgan fingerprint density at radius 1 is 1.61 bits per heavy atom. The highest BCUT2D eigenvalue weighted by Crippen LogP contribution is 2.36. The van der Waals surface area contributed by atoms with Crippen LogP contribution in [0.15, 0.2) is 0 Å². The number of esters is 1. The van der Waals surface area contributed by atoms with Gasteiger partial charge in [0.15, 0.2) is 6.29 Å². The molecule has 98 valence electrons. The van der Waals surface area contributed by atoms with Crippen LogP contribution in [-0.4, -0.2) is 29.3 Å². The number of aldehydes is 1. The van der Waals surface area contributed by atoms with Gasteiger partial charge >= 0.3 is 5.97 Å². The average molecular weight is 270 g/mol. The summed E-state index contributed by atoms with van der Waals surface area (Å²) in [6.45, 7) is 4.70. The predicted octanol–water partition coefficient (Wildman–Crippen LogP) is 2.51. The van der Waals surface area contributed by atoms with Crippen LogP contribution in [0.5, 0.6) is 0 Å². The van der Waals surface area contributed by atoms with Crippen molar-refractivity contribution in [1.29, 1.82) is 0 Å². The van der Waals surface area contributed by atoms with Crippen molar-refractivity contribution in [1.82, 2.24) is 4.57 Å². The van der Waals surface area contributed by atoms with Gasteiger partial charge in [0.2, 0.25) is 0 Å². The molecule has 0 amide bonds. The van der Waals surface area contributed by atoms with E-state index in [2.05, 4.69) is 0 Å². The lowest BCUT2D eigenvalue weighted by Gasteiger charge is -2.06. The van der Waals surface area contributed by atoms with Crippen molar-refractivity contribution in [2.24, 2.45) is 0 Å². The van der Waals surface area contributed by atoms with Crippen LogP contribution in [0.2, 0.25) is 0 Å². The van der Waals surface area contributed by atoms with Gasteiger partial charge in [0.1, 0.15) is 0 Å². The van der Waals surface area contributed by atoms with Crippen LogP contribution in [0.1, 0.15) is 51.4 Å². The maximum atomic E-state index is 11.9. The lowest BCUT2D eigenvalue weighted by atomic mass is 10.0. The summed E-state index contributed by atoms with van der Waals surface area (Å²) in [4.78, 5) is 23.2. The van der Waals surface area contributed by atoms with Crippen LogP contribution in [0, 0.1) is 6.92 Å². The van der Waals surface area contributed by atoms with Gasteiger partial charge in [-0.1, -0.05) is 0 Å². The van der Waals surface area contributed by atoms with Gasteiger partial charge in [0.25, 0.3) is 0 Å². The molecule has 0 fully saturated rings. The van der Waals surface area contributed by atoms with Crippen molar-refractivity contribution in [2.75, 3.05) is 12.5 Å². The molecule has 1 aromatic heterocycles. The Hall–Kier alpha value is -1.29. The summed E-state index contributed by atoms with van der Waals surface area (Å²) in [5, 5.41) is 0. The quantitative estimate of drug-likeness (QED) is 0.479. The Balaban J connectivity index is 2.56. The second-order valence-electron chi connectivity index (χ2n) is 4.39. The number of hydrogen-bond donors (Lipinski definition) is 0. The van der Waals surface area contributed by atoms with Crippen molar-refractivity contribution in [3.8, 4) is 0 Å². The van der Waals surface area contributed by atoms with E-state index in [-0.39, 0.29) is 5.92 Å². The lowest BCUT2D eigenvalue weighted by Crippen LogP contribution is -2.09. The summed E-state index contributed by atoms with van der Waals surface area (Å²) in [5.41, 5.74) is 2.55. The summed E-state index contributed by atoms with van der Waals surface area (Å²) in [6.07, 6.45) is 1.67. The molecule has 0 aromatic carbocycles. The van der Waals surface area contributed by atoms with Crippen LogP contribution < -0.4 is 0 Å². The molecular weight excluding hydrogens is 254 g/mol. The molecule has 0 spiro atoms. The summed E-state index contributed by atoms with van der Waals surface area (Å²) >= 11 is 5.92. The third kappa shape index (κ3) is 1.85. The first-order chi connectivity index (χ1) is 8.65. The number of halogens is 1. The van der Waals surface area contributed by atoms with Crippen molar-refractivity contribution in [3.63, 3.8) is 0 Å². The van der Waals surface area contributed by atoms with E-state index >= 15 is 0 Å². The lowest BCUT2D eigenvalue weighted by molar-refractivity contribution is 0.0523. The molecule has 18 heavy (non-hydrogen) atoms. The first-order valence-electron chi connectivity index (χ1n) is 6.06. The number of carbonyl (C=O) groups excluding carboxylic acids is 2. The predicted molar refractivity (Wildman–Crippen MR) is 68.6 cm³/mol. The van der Waals surface area contributed by atoms with Gasteiger partial charge in [0, 0.05) is 29.7 Å². The van der Waals surface area contributed by atoms with Gasteiger partial charge in [-0.2, -0.15) is 0 Å². The number of fused-ring (bicyclic) bond motifs is 1. The van der Waals surface area contributed by atoms with Crippen LogP contribution in [-0.2, 0) is 11.3 Å². The molecule has 0 N–H and O–H groups in total. The molecule has 4 nitrogen and oxygen atoms in total. The molecule has 0 radical (unpaired) electrons. The van der Waals surface area contributed by atoms with Crippen molar-refractivity contribution < 1.29 is 14.3 Å². The van der Waals surface area contributed by atoms with E-state index < -0.39 is 5.97 Å². The first-order valence-corrected chi connectivity index (χ1v) is 6.60. The molecule has 1 aromatic rings. The Kier molecular flexibility index (Phi) is 3.76. The Bertz CT molecular complexity index is 493. The van der Waals surface area contributed by atoms with E-state index in [1.54, 1.807) is 6.92 Å². The number of rotatable bonds is 4. The Morgan fingerprint density at radius 3 is 2.89 bits per heavy atom. The molecule has 1 aliphatic rings. The molecule has 1 atom stereocenters. The average Bonchev–Trinajstić information content (AvgIpc) is 2.88. The minimum atomic E-state index is -0.424. The second-order valence-corrected chi connectivity index (χ2v) is 4.70. The largest absolute Gasteiger partial charge is 0.462 e. The normalized spacial score (nSPS) is 17.6. The molecule has 0 saturated heterocycles. The van der Waals surface area contributed by atoms with Crippen molar-refractivity contribution in [3.05, 3.63) is 22.5 Å². The van der Waals surface area contributed by atoms with E-state index in [1.807, 2.05) is 11.5 Å². The van der Waals surface area contributed by atoms with Crippen LogP contribution in [0.3, 0.4) is 0 Å². The van der Waals surface area contributed by atoms with Crippen LogP contribution in [0.25, 0.3) is 0 Å². The standard InChI is InChI=1S/C13H16ClNO3/c1-3-18-13(17)11-8(2)15-5-4-9(6-14)12(15)10(11)7-16/h7,9H,3-6H2,1-2H3. The molecule has 2 rings (SSSR count). The molecule has 0 bridgehead atoms. The molecule has 0 saturated carbocycles. The highest BCUT2D eigenvalue weighted by molar-refractivity contribution is 6.18. The number of aromatic nitrogens is 1. The minimum Gasteiger partial charge on any atom is -0.462 e. The van der Waals surface area contributed by atoms with Gasteiger partial charge in [-0.3, -0.25) is 4.79 Å². The first kappa shape index (κ1) is 13.1. The summed E-state index contributed by atoms with van der Waals surface area (Å²) in [7, 11) is 0. The van der Waals surface area contributed by atoms with Gasteiger partial charge in [-0.15, -0.1) is 11.6 Å².